The molecule has 2 aromatic rings. The molecular formula is C18H14BrNO4. The average Bonchev–Trinajstić information content (AvgIpc) is 2.58. The zero-order chi connectivity index (χ0) is 17.4. The van der Waals surface area contributed by atoms with Gasteiger partial charge in [-0.25, -0.2) is 9.59 Å². The fourth-order valence-corrected chi connectivity index (χ4v) is 2.26. The van der Waals surface area contributed by atoms with Crippen LogP contribution in [0.5, 0.6) is 0 Å². The van der Waals surface area contributed by atoms with Gasteiger partial charge in [0.2, 0.25) is 0 Å². The highest BCUT2D eigenvalue weighted by molar-refractivity contribution is 9.10. The molecule has 0 aliphatic rings. The van der Waals surface area contributed by atoms with Crippen LogP contribution in [0.1, 0.15) is 21.5 Å². The van der Waals surface area contributed by atoms with Crippen molar-refractivity contribution >= 4 is 28.0 Å². The molecule has 0 aromatic heterocycles. The minimum Gasteiger partial charge on any atom is -0.478 e. The number of ether oxygens (including phenoxy) is 1. The minimum atomic E-state index is -1.00. The highest BCUT2D eigenvalue weighted by atomic mass is 79.9. The Morgan fingerprint density at radius 3 is 2.58 bits per heavy atom. The van der Waals surface area contributed by atoms with Crippen LogP contribution in [0.25, 0.3) is 0 Å². The summed E-state index contributed by atoms with van der Waals surface area (Å²) in [5.74, 6) is 4.63. The summed E-state index contributed by atoms with van der Waals surface area (Å²) in [6, 6.07) is 13.9. The Balaban J connectivity index is 1.81. The number of carbonyl (C=O) groups is 2. The summed E-state index contributed by atoms with van der Waals surface area (Å²) in [6.45, 7) is 0.322. The second kappa shape index (κ2) is 8.75. The largest absolute Gasteiger partial charge is 0.478 e. The van der Waals surface area contributed by atoms with Gasteiger partial charge in [-0.2, -0.15) is 0 Å². The van der Waals surface area contributed by atoms with E-state index in [4.69, 9.17) is 9.84 Å². The first kappa shape index (κ1) is 17.6. The Labute approximate surface area is 147 Å². The van der Waals surface area contributed by atoms with Gasteiger partial charge in [-0.1, -0.05) is 42.2 Å². The number of aromatic carboxylic acids is 1. The predicted octanol–water partition coefficient (Wildman–Crippen LogP) is 3.43. The highest BCUT2D eigenvalue weighted by Crippen LogP contribution is 2.17. The van der Waals surface area contributed by atoms with E-state index in [1.165, 1.54) is 12.1 Å². The molecule has 0 aliphatic carbocycles. The molecule has 0 heterocycles. The first-order valence-electron chi connectivity index (χ1n) is 7.02. The second-order valence-corrected chi connectivity index (χ2v) is 5.57. The van der Waals surface area contributed by atoms with E-state index in [1.807, 2.05) is 30.3 Å². The number of rotatable bonds is 4. The van der Waals surface area contributed by atoms with Crippen molar-refractivity contribution in [2.45, 2.75) is 6.61 Å². The van der Waals surface area contributed by atoms with Crippen LogP contribution in [0, 0.1) is 11.8 Å². The molecule has 24 heavy (non-hydrogen) atoms. The van der Waals surface area contributed by atoms with E-state index < -0.39 is 12.1 Å². The number of hydrogen-bond donors (Lipinski definition) is 2. The zero-order valence-corrected chi connectivity index (χ0v) is 14.2. The molecule has 1 amide bonds. The molecule has 122 valence electrons. The van der Waals surface area contributed by atoms with Crippen molar-refractivity contribution in [1.29, 1.82) is 0 Å². The minimum absolute atomic E-state index is 0.126. The molecule has 0 unspecified atom stereocenters. The standard InChI is InChI=1S/C18H14BrNO4/c19-16-11-15(17(21)22)9-8-14(16)7-4-10-20-18(23)24-12-13-5-2-1-3-6-13/h1-3,5-6,8-9,11H,10,12H2,(H,20,23)(H,21,22). The molecule has 0 atom stereocenters. The maximum absolute atomic E-state index is 11.5. The molecule has 0 radical (unpaired) electrons. The van der Waals surface area contributed by atoms with Crippen molar-refractivity contribution < 1.29 is 19.4 Å². The lowest BCUT2D eigenvalue weighted by atomic mass is 10.1. The predicted molar refractivity (Wildman–Crippen MR) is 92.6 cm³/mol. The molecule has 2 rings (SSSR count). The maximum atomic E-state index is 11.5. The average molecular weight is 388 g/mol. The first-order chi connectivity index (χ1) is 11.6. The summed E-state index contributed by atoms with van der Waals surface area (Å²) in [5, 5.41) is 11.4. The van der Waals surface area contributed by atoms with Crippen molar-refractivity contribution in [1.82, 2.24) is 5.32 Å². The van der Waals surface area contributed by atoms with Gasteiger partial charge in [-0.05, 0) is 39.7 Å². The third-order valence-electron chi connectivity index (χ3n) is 2.97. The van der Waals surface area contributed by atoms with Gasteiger partial charge in [0, 0.05) is 10.0 Å². The third-order valence-corrected chi connectivity index (χ3v) is 3.63. The van der Waals surface area contributed by atoms with Crippen LogP contribution >= 0.6 is 15.9 Å². The third kappa shape index (κ3) is 5.45. The van der Waals surface area contributed by atoms with E-state index in [0.29, 0.717) is 10.0 Å². The van der Waals surface area contributed by atoms with Crippen LogP contribution in [0.2, 0.25) is 0 Å². The Morgan fingerprint density at radius 1 is 1.17 bits per heavy atom. The van der Waals surface area contributed by atoms with Crippen molar-refractivity contribution in [3.8, 4) is 11.8 Å². The van der Waals surface area contributed by atoms with Crippen LogP contribution < -0.4 is 5.32 Å². The van der Waals surface area contributed by atoms with E-state index in [9.17, 15) is 9.59 Å². The summed E-state index contributed by atoms with van der Waals surface area (Å²) in [5.41, 5.74) is 1.72. The SMILES string of the molecule is O=C(NCC#Cc1ccc(C(=O)O)cc1Br)OCc1ccccc1. The van der Waals surface area contributed by atoms with Gasteiger partial charge in [-0.15, -0.1) is 0 Å². The van der Waals surface area contributed by atoms with Gasteiger partial charge < -0.3 is 15.2 Å². The van der Waals surface area contributed by atoms with E-state index in [-0.39, 0.29) is 18.7 Å². The quantitative estimate of drug-likeness (QED) is 0.788. The maximum Gasteiger partial charge on any atom is 0.408 e. The van der Waals surface area contributed by atoms with Gasteiger partial charge in [0.25, 0.3) is 0 Å². The van der Waals surface area contributed by atoms with Gasteiger partial charge in [0.05, 0.1) is 12.1 Å². The molecule has 2 N–H and O–H groups in total. The van der Waals surface area contributed by atoms with E-state index in [1.54, 1.807) is 6.07 Å². The summed E-state index contributed by atoms with van der Waals surface area (Å²) < 4.78 is 5.64. The van der Waals surface area contributed by atoms with E-state index in [2.05, 4.69) is 33.1 Å². The van der Waals surface area contributed by atoms with Crippen LogP contribution in [-0.2, 0) is 11.3 Å². The number of carboxylic acid groups (broad SMARTS) is 1. The molecule has 5 nitrogen and oxygen atoms in total. The number of benzene rings is 2. The van der Waals surface area contributed by atoms with Gasteiger partial charge in [0.1, 0.15) is 6.61 Å². The lowest BCUT2D eigenvalue weighted by Gasteiger charge is -2.04. The molecule has 0 spiro atoms. The van der Waals surface area contributed by atoms with E-state index in [0.717, 1.165) is 5.56 Å². The summed E-state index contributed by atoms with van der Waals surface area (Å²) >= 11 is 3.27. The lowest BCUT2D eigenvalue weighted by molar-refractivity contribution is 0.0696. The fourth-order valence-electron chi connectivity index (χ4n) is 1.78. The summed E-state index contributed by atoms with van der Waals surface area (Å²) in [4.78, 5) is 22.4. The molecular weight excluding hydrogens is 374 g/mol. The highest BCUT2D eigenvalue weighted by Gasteiger charge is 2.05. The zero-order valence-electron chi connectivity index (χ0n) is 12.6. The van der Waals surface area contributed by atoms with Crippen LogP contribution in [-0.4, -0.2) is 23.7 Å². The topological polar surface area (TPSA) is 75.6 Å². The Bertz CT molecular complexity index is 794. The number of amides is 1. The van der Waals surface area contributed by atoms with Gasteiger partial charge >= 0.3 is 12.1 Å². The number of alkyl carbamates (subject to hydrolysis) is 1. The monoisotopic (exact) mass is 387 g/mol. The van der Waals surface area contributed by atoms with Crippen LogP contribution in [0.4, 0.5) is 4.79 Å². The Morgan fingerprint density at radius 2 is 1.92 bits per heavy atom. The Hall–Kier alpha value is -2.78. The second-order valence-electron chi connectivity index (χ2n) is 4.72. The van der Waals surface area contributed by atoms with Crippen molar-refractivity contribution in [2.24, 2.45) is 0 Å². The van der Waals surface area contributed by atoms with Crippen molar-refractivity contribution in [3.05, 3.63) is 69.7 Å². The van der Waals surface area contributed by atoms with Crippen molar-refractivity contribution in [2.75, 3.05) is 6.54 Å². The molecule has 0 saturated heterocycles. The molecule has 0 fully saturated rings. The lowest BCUT2D eigenvalue weighted by Crippen LogP contribution is -2.24. The fraction of sp³-hybridized carbons (Fsp3) is 0.111. The number of hydrogen-bond acceptors (Lipinski definition) is 3. The van der Waals surface area contributed by atoms with E-state index >= 15 is 0 Å². The molecule has 0 aliphatic heterocycles. The number of halogens is 1. The van der Waals surface area contributed by atoms with Crippen LogP contribution in [0.3, 0.4) is 0 Å². The molecule has 0 saturated carbocycles. The first-order valence-corrected chi connectivity index (χ1v) is 7.82. The summed E-state index contributed by atoms with van der Waals surface area (Å²) in [7, 11) is 0. The van der Waals surface area contributed by atoms with Gasteiger partial charge in [0.15, 0.2) is 0 Å². The van der Waals surface area contributed by atoms with Crippen molar-refractivity contribution in [3.63, 3.8) is 0 Å². The molecule has 0 bridgehead atoms. The number of carbonyl (C=O) groups excluding carboxylic acids is 1. The number of nitrogens with one attached hydrogen (secondary N) is 1. The number of carboxylic acids is 1. The Kier molecular flexibility index (Phi) is 6.41. The molecule has 6 heteroatoms. The van der Waals surface area contributed by atoms with Crippen LogP contribution in [0.15, 0.2) is 53.0 Å². The smallest absolute Gasteiger partial charge is 0.408 e. The van der Waals surface area contributed by atoms with Gasteiger partial charge in [-0.3, -0.25) is 0 Å². The molecule has 2 aromatic carbocycles. The summed E-state index contributed by atoms with van der Waals surface area (Å²) in [6.07, 6.45) is -0.548. The normalized spacial score (nSPS) is 9.54.